The zero-order valence-electron chi connectivity index (χ0n) is 11.7. The molecular formula is C17H14N4. The monoisotopic (exact) mass is 274 g/mol. The number of pyridine rings is 1. The molecule has 0 spiro atoms. The van der Waals surface area contributed by atoms with Crippen LogP contribution in [0.15, 0.2) is 30.3 Å². The predicted molar refractivity (Wildman–Crippen MR) is 80.1 cm³/mol. The molecule has 4 nitrogen and oxygen atoms in total. The Morgan fingerprint density at radius 1 is 1.10 bits per heavy atom. The van der Waals surface area contributed by atoms with Crippen molar-refractivity contribution in [1.82, 2.24) is 4.98 Å². The quantitative estimate of drug-likeness (QED) is 0.925. The lowest BCUT2D eigenvalue weighted by atomic mass is 10.1. The molecule has 0 radical (unpaired) electrons. The first kappa shape index (κ1) is 13.1. The largest absolute Gasteiger partial charge is 0.339 e. The Hall–Kier alpha value is -2.85. The topological polar surface area (TPSA) is 72.5 Å². The van der Waals surface area contributed by atoms with Gasteiger partial charge in [0.2, 0.25) is 0 Å². The van der Waals surface area contributed by atoms with Crippen molar-refractivity contribution in [2.75, 3.05) is 5.32 Å². The third-order valence-corrected chi connectivity index (χ3v) is 3.74. The van der Waals surface area contributed by atoms with Crippen molar-refractivity contribution < 1.29 is 0 Å². The Morgan fingerprint density at radius 3 is 2.52 bits per heavy atom. The summed E-state index contributed by atoms with van der Waals surface area (Å²) in [6.07, 6.45) is 2.34. The highest BCUT2D eigenvalue weighted by atomic mass is 15.0. The van der Waals surface area contributed by atoms with Crippen molar-refractivity contribution in [2.24, 2.45) is 0 Å². The number of anilines is 2. The van der Waals surface area contributed by atoms with E-state index in [4.69, 9.17) is 5.26 Å². The van der Waals surface area contributed by atoms with Gasteiger partial charge in [-0.15, -0.1) is 0 Å². The fourth-order valence-corrected chi connectivity index (χ4v) is 2.29. The van der Waals surface area contributed by atoms with Gasteiger partial charge in [-0.2, -0.15) is 10.5 Å². The average molecular weight is 274 g/mol. The summed E-state index contributed by atoms with van der Waals surface area (Å²) in [6, 6.07) is 13.6. The summed E-state index contributed by atoms with van der Waals surface area (Å²) in [7, 11) is 0. The fraction of sp³-hybridized carbons (Fsp3) is 0.235. The van der Waals surface area contributed by atoms with E-state index in [1.807, 2.05) is 31.2 Å². The first-order valence-electron chi connectivity index (χ1n) is 6.90. The average Bonchev–Trinajstić information content (AvgIpc) is 3.34. The number of benzene rings is 1. The fourth-order valence-electron chi connectivity index (χ4n) is 2.29. The molecule has 0 aliphatic heterocycles. The lowest BCUT2D eigenvalue weighted by Crippen LogP contribution is -2.01. The van der Waals surface area contributed by atoms with Gasteiger partial charge in [0.25, 0.3) is 0 Å². The Morgan fingerprint density at radius 2 is 1.86 bits per heavy atom. The normalized spacial score (nSPS) is 13.3. The number of nitriles is 2. The van der Waals surface area contributed by atoms with Crippen LogP contribution in [-0.2, 0) is 0 Å². The van der Waals surface area contributed by atoms with Gasteiger partial charge >= 0.3 is 0 Å². The molecule has 0 saturated heterocycles. The van der Waals surface area contributed by atoms with E-state index in [2.05, 4.69) is 22.4 Å². The molecule has 1 fully saturated rings. The van der Waals surface area contributed by atoms with Crippen molar-refractivity contribution in [3.8, 4) is 12.1 Å². The smallest absolute Gasteiger partial charge is 0.148 e. The highest BCUT2D eigenvalue weighted by molar-refractivity contribution is 5.67. The molecule has 1 N–H and O–H groups in total. The van der Waals surface area contributed by atoms with Gasteiger partial charge in [0.15, 0.2) is 0 Å². The molecule has 0 unspecified atom stereocenters. The number of rotatable bonds is 3. The molecule has 0 atom stereocenters. The number of nitrogens with zero attached hydrogens (tertiary/aromatic N) is 3. The van der Waals surface area contributed by atoms with Gasteiger partial charge < -0.3 is 5.32 Å². The molecule has 2 aromatic rings. The van der Waals surface area contributed by atoms with E-state index in [1.54, 1.807) is 6.07 Å². The Bertz CT molecular complexity index is 776. The van der Waals surface area contributed by atoms with Crippen LogP contribution in [0.25, 0.3) is 0 Å². The van der Waals surface area contributed by atoms with Gasteiger partial charge in [-0.25, -0.2) is 4.98 Å². The summed E-state index contributed by atoms with van der Waals surface area (Å²) in [5, 5.41) is 21.5. The molecule has 1 saturated carbocycles. The Kier molecular flexibility index (Phi) is 3.30. The molecular weight excluding hydrogens is 260 g/mol. The summed E-state index contributed by atoms with van der Waals surface area (Å²) < 4.78 is 0. The van der Waals surface area contributed by atoms with E-state index in [-0.39, 0.29) is 0 Å². The number of hydrogen-bond donors (Lipinski definition) is 1. The molecule has 1 aliphatic carbocycles. The summed E-state index contributed by atoms with van der Waals surface area (Å²) in [5.74, 6) is 1.10. The standard InChI is InChI=1S/C17H14N4/c1-11-13(9-18)3-2-4-15(11)20-17-14(10-19)7-8-16(21-17)12-5-6-12/h2-4,7-8,12H,5-6H2,1H3,(H,20,21). The second-order valence-corrected chi connectivity index (χ2v) is 5.23. The Labute approximate surface area is 123 Å². The first-order chi connectivity index (χ1) is 10.2. The maximum atomic E-state index is 9.23. The lowest BCUT2D eigenvalue weighted by molar-refractivity contribution is 1.02. The van der Waals surface area contributed by atoms with E-state index in [9.17, 15) is 5.26 Å². The van der Waals surface area contributed by atoms with E-state index in [0.29, 0.717) is 22.9 Å². The summed E-state index contributed by atoms with van der Waals surface area (Å²) >= 11 is 0. The van der Waals surface area contributed by atoms with Crippen LogP contribution in [0, 0.1) is 29.6 Å². The van der Waals surface area contributed by atoms with Crippen LogP contribution in [0.5, 0.6) is 0 Å². The summed E-state index contributed by atoms with van der Waals surface area (Å²) in [6.45, 7) is 1.89. The van der Waals surface area contributed by atoms with E-state index < -0.39 is 0 Å². The SMILES string of the molecule is Cc1c(C#N)cccc1Nc1nc(C2CC2)ccc1C#N. The maximum absolute atomic E-state index is 9.23. The molecule has 102 valence electrons. The zero-order valence-corrected chi connectivity index (χ0v) is 11.7. The van der Waals surface area contributed by atoms with Crippen LogP contribution in [-0.4, -0.2) is 4.98 Å². The van der Waals surface area contributed by atoms with Crippen molar-refractivity contribution in [1.29, 1.82) is 10.5 Å². The molecule has 1 aromatic heterocycles. The van der Waals surface area contributed by atoms with Gasteiger partial charge in [-0.3, -0.25) is 0 Å². The summed E-state index contributed by atoms with van der Waals surface area (Å²) in [5.41, 5.74) is 3.84. The highest BCUT2D eigenvalue weighted by Crippen LogP contribution is 2.39. The third-order valence-electron chi connectivity index (χ3n) is 3.74. The van der Waals surface area contributed by atoms with Gasteiger partial charge in [0.1, 0.15) is 11.9 Å². The van der Waals surface area contributed by atoms with Crippen molar-refractivity contribution in [3.63, 3.8) is 0 Å². The van der Waals surface area contributed by atoms with Gasteiger partial charge in [0.05, 0.1) is 17.2 Å². The molecule has 4 heteroatoms. The van der Waals surface area contributed by atoms with Crippen LogP contribution in [0.2, 0.25) is 0 Å². The second kappa shape index (κ2) is 5.26. The van der Waals surface area contributed by atoms with E-state index in [0.717, 1.165) is 16.9 Å². The molecule has 1 aliphatic rings. The van der Waals surface area contributed by atoms with Crippen LogP contribution >= 0.6 is 0 Å². The van der Waals surface area contributed by atoms with Crippen LogP contribution < -0.4 is 5.32 Å². The minimum atomic E-state index is 0.515. The van der Waals surface area contributed by atoms with E-state index >= 15 is 0 Å². The number of hydrogen-bond acceptors (Lipinski definition) is 4. The molecule has 3 rings (SSSR count). The van der Waals surface area contributed by atoms with Crippen LogP contribution in [0.4, 0.5) is 11.5 Å². The van der Waals surface area contributed by atoms with Crippen molar-refractivity contribution >= 4 is 11.5 Å². The minimum Gasteiger partial charge on any atom is -0.339 e. The van der Waals surface area contributed by atoms with Crippen molar-refractivity contribution in [3.05, 3.63) is 52.7 Å². The van der Waals surface area contributed by atoms with Gasteiger partial charge in [-0.05, 0) is 49.6 Å². The van der Waals surface area contributed by atoms with Gasteiger partial charge in [0, 0.05) is 17.3 Å². The molecule has 21 heavy (non-hydrogen) atoms. The molecule has 1 aromatic carbocycles. The molecule has 1 heterocycles. The minimum absolute atomic E-state index is 0.515. The molecule has 0 amide bonds. The van der Waals surface area contributed by atoms with E-state index in [1.165, 1.54) is 12.8 Å². The van der Waals surface area contributed by atoms with Gasteiger partial charge in [-0.1, -0.05) is 6.07 Å². The Balaban J connectivity index is 1.99. The summed E-state index contributed by atoms with van der Waals surface area (Å²) in [4.78, 5) is 4.58. The predicted octanol–water partition coefficient (Wildman–Crippen LogP) is 3.75. The highest BCUT2D eigenvalue weighted by Gasteiger charge is 2.25. The maximum Gasteiger partial charge on any atom is 0.148 e. The number of nitrogens with one attached hydrogen (secondary N) is 1. The third kappa shape index (κ3) is 2.57. The zero-order chi connectivity index (χ0) is 14.8. The second-order valence-electron chi connectivity index (χ2n) is 5.23. The first-order valence-corrected chi connectivity index (χ1v) is 6.90. The number of aromatic nitrogens is 1. The van der Waals surface area contributed by atoms with Crippen LogP contribution in [0.3, 0.4) is 0 Å². The van der Waals surface area contributed by atoms with Crippen LogP contribution in [0.1, 0.15) is 41.1 Å². The molecule has 0 bridgehead atoms. The lowest BCUT2D eigenvalue weighted by Gasteiger charge is -2.12. The van der Waals surface area contributed by atoms with Crippen molar-refractivity contribution in [2.45, 2.75) is 25.7 Å².